The molecule has 0 aromatic rings. The van der Waals surface area contributed by atoms with Crippen LogP contribution in [0.3, 0.4) is 0 Å². The van der Waals surface area contributed by atoms with Crippen LogP contribution in [-0.4, -0.2) is 44.9 Å². The Balaban J connectivity index is 2.20. The molecule has 0 aromatic heterocycles. The molecule has 5 nitrogen and oxygen atoms in total. The summed E-state index contributed by atoms with van der Waals surface area (Å²) in [5, 5.41) is 2.88. The summed E-state index contributed by atoms with van der Waals surface area (Å²) in [5.41, 5.74) is 5.69. The Morgan fingerprint density at radius 2 is 2.53 bits per heavy atom. The van der Waals surface area contributed by atoms with E-state index in [0.29, 0.717) is 19.6 Å². The molecule has 0 radical (unpaired) electrons. The molecule has 5 heteroatoms. The van der Waals surface area contributed by atoms with E-state index >= 15 is 0 Å². The van der Waals surface area contributed by atoms with Crippen LogP contribution >= 0.6 is 0 Å². The van der Waals surface area contributed by atoms with Gasteiger partial charge in [0.15, 0.2) is 0 Å². The van der Waals surface area contributed by atoms with Crippen molar-refractivity contribution in [3.8, 4) is 0 Å². The number of amides is 1. The van der Waals surface area contributed by atoms with Crippen molar-refractivity contribution in [2.24, 2.45) is 5.73 Å². The highest BCUT2D eigenvalue weighted by molar-refractivity contribution is 5.81. The second kappa shape index (κ2) is 6.76. The zero-order valence-electron chi connectivity index (χ0n) is 9.20. The van der Waals surface area contributed by atoms with Crippen molar-refractivity contribution in [3.63, 3.8) is 0 Å². The number of ether oxygens (including phenoxy) is 2. The van der Waals surface area contributed by atoms with Gasteiger partial charge in [-0.05, 0) is 19.3 Å². The molecule has 0 bridgehead atoms. The summed E-state index contributed by atoms with van der Waals surface area (Å²) in [7, 11) is 1.60. The van der Waals surface area contributed by atoms with Gasteiger partial charge in [0.05, 0.1) is 18.7 Å². The second-order valence-corrected chi connectivity index (χ2v) is 3.81. The topological polar surface area (TPSA) is 73.6 Å². The van der Waals surface area contributed by atoms with Gasteiger partial charge in [0.25, 0.3) is 0 Å². The Bertz CT molecular complexity index is 193. The molecular weight excluding hydrogens is 196 g/mol. The van der Waals surface area contributed by atoms with Crippen molar-refractivity contribution in [3.05, 3.63) is 0 Å². The maximum atomic E-state index is 11.6. The molecule has 0 saturated carbocycles. The molecule has 0 spiro atoms. The number of nitrogens with one attached hydrogen (secondary N) is 1. The zero-order valence-corrected chi connectivity index (χ0v) is 9.20. The van der Waals surface area contributed by atoms with Crippen LogP contribution in [0.2, 0.25) is 0 Å². The van der Waals surface area contributed by atoms with Crippen LogP contribution in [0.1, 0.15) is 19.3 Å². The van der Waals surface area contributed by atoms with E-state index in [4.69, 9.17) is 15.2 Å². The summed E-state index contributed by atoms with van der Waals surface area (Å²) < 4.78 is 10.1. The number of carbonyl (C=O) groups is 1. The summed E-state index contributed by atoms with van der Waals surface area (Å²) in [6.45, 7) is 1.90. The van der Waals surface area contributed by atoms with Crippen LogP contribution in [0.25, 0.3) is 0 Å². The molecule has 0 aromatic carbocycles. The smallest absolute Gasteiger partial charge is 0.237 e. The van der Waals surface area contributed by atoms with Crippen LogP contribution in [0, 0.1) is 0 Å². The second-order valence-electron chi connectivity index (χ2n) is 3.81. The van der Waals surface area contributed by atoms with Crippen LogP contribution in [-0.2, 0) is 14.3 Å². The van der Waals surface area contributed by atoms with E-state index in [0.717, 1.165) is 19.4 Å². The van der Waals surface area contributed by atoms with Gasteiger partial charge in [-0.2, -0.15) is 0 Å². The fraction of sp³-hybridized carbons (Fsp3) is 0.900. The Morgan fingerprint density at radius 3 is 3.13 bits per heavy atom. The molecule has 1 aliphatic heterocycles. The molecule has 1 saturated heterocycles. The van der Waals surface area contributed by atoms with Crippen molar-refractivity contribution < 1.29 is 14.3 Å². The quantitative estimate of drug-likeness (QED) is 0.658. The Hall–Kier alpha value is -0.650. The molecule has 88 valence electrons. The minimum absolute atomic E-state index is 0.109. The van der Waals surface area contributed by atoms with Gasteiger partial charge in [0, 0.05) is 20.3 Å². The normalized spacial score (nSPS) is 23.5. The van der Waals surface area contributed by atoms with E-state index in [1.54, 1.807) is 7.11 Å². The lowest BCUT2D eigenvalue weighted by Gasteiger charge is -2.24. The first-order chi connectivity index (χ1) is 7.24. The van der Waals surface area contributed by atoms with Crippen molar-refractivity contribution in [1.82, 2.24) is 5.32 Å². The number of hydrogen-bond donors (Lipinski definition) is 2. The van der Waals surface area contributed by atoms with Crippen LogP contribution < -0.4 is 11.1 Å². The molecule has 1 aliphatic rings. The van der Waals surface area contributed by atoms with Gasteiger partial charge in [-0.15, -0.1) is 0 Å². The molecule has 15 heavy (non-hydrogen) atoms. The van der Waals surface area contributed by atoms with Crippen molar-refractivity contribution in [2.75, 3.05) is 26.9 Å². The summed E-state index contributed by atoms with van der Waals surface area (Å²) in [6, 6.07) is -0.355. The van der Waals surface area contributed by atoms with E-state index in [2.05, 4.69) is 5.32 Å². The largest absolute Gasteiger partial charge is 0.385 e. The lowest BCUT2D eigenvalue weighted by molar-refractivity contribution is -0.124. The van der Waals surface area contributed by atoms with Gasteiger partial charge in [-0.25, -0.2) is 0 Å². The van der Waals surface area contributed by atoms with Crippen LogP contribution in [0.5, 0.6) is 0 Å². The SMILES string of the molecule is COCCC(N)C(=O)NC1CCCOC1. The highest BCUT2D eigenvalue weighted by Crippen LogP contribution is 2.05. The van der Waals surface area contributed by atoms with E-state index < -0.39 is 6.04 Å². The molecule has 1 fully saturated rings. The maximum Gasteiger partial charge on any atom is 0.237 e. The summed E-state index contributed by atoms with van der Waals surface area (Å²) >= 11 is 0. The standard InChI is InChI=1S/C10H20N2O3/c1-14-6-4-9(11)10(13)12-8-3-2-5-15-7-8/h8-9H,2-7,11H2,1H3,(H,12,13). The molecule has 2 atom stereocenters. The van der Waals surface area contributed by atoms with Gasteiger partial charge >= 0.3 is 0 Å². The van der Waals surface area contributed by atoms with E-state index in [9.17, 15) is 4.79 Å². The first kappa shape index (κ1) is 12.4. The summed E-state index contributed by atoms with van der Waals surface area (Å²) in [6.07, 6.45) is 2.52. The summed E-state index contributed by atoms with van der Waals surface area (Å²) in [5.74, 6) is -0.109. The van der Waals surface area contributed by atoms with Crippen LogP contribution in [0.4, 0.5) is 0 Å². The lowest BCUT2D eigenvalue weighted by Crippen LogP contribution is -2.48. The Kier molecular flexibility index (Phi) is 5.60. The number of carbonyl (C=O) groups excluding carboxylic acids is 1. The molecule has 2 unspecified atom stereocenters. The predicted molar refractivity (Wildman–Crippen MR) is 56.5 cm³/mol. The van der Waals surface area contributed by atoms with Gasteiger partial charge in [-0.3, -0.25) is 4.79 Å². The summed E-state index contributed by atoms with van der Waals surface area (Å²) in [4.78, 5) is 11.6. The van der Waals surface area contributed by atoms with Gasteiger partial charge in [0.1, 0.15) is 0 Å². The number of hydrogen-bond acceptors (Lipinski definition) is 4. The minimum atomic E-state index is -0.480. The van der Waals surface area contributed by atoms with E-state index in [1.807, 2.05) is 0 Å². The highest BCUT2D eigenvalue weighted by atomic mass is 16.5. The van der Waals surface area contributed by atoms with Gasteiger partial charge < -0.3 is 20.5 Å². The first-order valence-electron chi connectivity index (χ1n) is 5.36. The van der Waals surface area contributed by atoms with Gasteiger partial charge in [0.2, 0.25) is 5.91 Å². The lowest BCUT2D eigenvalue weighted by atomic mass is 10.1. The van der Waals surface area contributed by atoms with Crippen molar-refractivity contribution >= 4 is 5.91 Å². The molecule has 1 amide bonds. The van der Waals surface area contributed by atoms with Crippen molar-refractivity contribution in [2.45, 2.75) is 31.3 Å². The van der Waals surface area contributed by atoms with Crippen molar-refractivity contribution in [1.29, 1.82) is 0 Å². The van der Waals surface area contributed by atoms with E-state index in [1.165, 1.54) is 0 Å². The Morgan fingerprint density at radius 1 is 1.73 bits per heavy atom. The molecule has 1 rings (SSSR count). The van der Waals surface area contributed by atoms with E-state index in [-0.39, 0.29) is 11.9 Å². The first-order valence-corrected chi connectivity index (χ1v) is 5.36. The monoisotopic (exact) mass is 216 g/mol. The molecule has 0 aliphatic carbocycles. The fourth-order valence-electron chi connectivity index (χ4n) is 1.54. The third kappa shape index (κ3) is 4.59. The zero-order chi connectivity index (χ0) is 11.1. The van der Waals surface area contributed by atoms with Crippen LogP contribution in [0.15, 0.2) is 0 Å². The molecular formula is C10H20N2O3. The average molecular weight is 216 g/mol. The number of methoxy groups -OCH3 is 1. The fourth-order valence-corrected chi connectivity index (χ4v) is 1.54. The molecule has 3 N–H and O–H groups in total. The number of rotatable bonds is 5. The maximum absolute atomic E-state index is 11.6. The number of nitrogens with two attached hydrogens (primary N) is 1. The third-order valence-corrected chi connectivity index (χ3v) is 2.48. The minimum Gasteiger partial charge on any atom is -0.385 e. The Labute approximate surface area is 90.3 Å². The average Bonchev–Trinajstić information content (AvgIpc) is 2.27. The molecule has 1 heterocycles. The predicted octanol–water partition coefficient (Wildman–Crippen LogP) is -0.355. The van der Waals surface area contributed by atoms with Gasteiger partial charge in [-0.1, -0.05) is 0 Å². The highest BCUT2D eigenvalue weighted by Gasteiger charge is 2.19. The third-order valence-electron chi connectivity index (χ3n) is 2.48.